The predicted molar refractivity (Wildman–Crippen MR) is 116 cm³/mol. The molecule has 0 aliphatic carbocycles. The van der Waals surface area contributed by atoms with Gasteiger partial charge in [-0.25, -0.2) is 9.18 Å². The van der Waals surface area contributed by atoms with Gasteiger partial charge in [-0.05, 0) is 30.3 Å². The van der Waals surface area contributed by atoms with Crippen LogP contribution in [0.3, 0.4) is 0 Å². The Balaban J connectivity index is 1.16. The Bertz CT molecular complexity index is 1120. The lowest BCUT2D eigenvalue weighted by molar-refractivity contribution is 0.0710. The van der Waals surface area contributed by atoms with Crippen molar-refractivity contribution in [1.29, 1.82) is 0 Å². The minimum Gasteiger partial charge on any atom is -0.444 e. The Morgan fingerprint density at radius 3 is 2.66 bits per heavy atom. The van der Waals surface area contributed by atoms with Crippen molar-refractivity contribution in [2.75, 3.05) is 39.3 Å². The highest BCUT2D eigenvalue weighted by molar-refractivity contribution is 6.30. The van der Waals surface area contributed by atoms with Gasteiger partial charge in [0.15, 0.2) is 0 Å². The molecule has 2 N–H and O–H groups in total. The molecule has 1 fully saturated rings. The molecule has 32 heavy (non-hydrogen) atoms. The Labute approximate surface area is 188 Å². The van der Waals surface area contributed by atoms with Crippen LogP contribution in [0.4, 0.5) is 9.18 Å². The molecule has 2 heterocycles. The molecule has 0 spiro atoms. The number of nitrogens with one attached hydrogen (secondary N) is 2. The summed E-state index contributed by atoms with van der Waals surface area (Å²) in [7, 11) is 0. The Kier molecular flexibility index (Phi) is 6.81. The molecule has 0 bridgehead atoms. The van der Waals surface area contributed by atoms with E-state index >= 15 is 0 Å². The van der Waals surface area contributed by atoms with Gasteiger partial charge in [0.2, 0.25) is 0 Å². The maximum Gasteiger partial charge on any atom is 0.410 e. The molecule has 168 valence electrons. The van der Waals surface area contributed by atoms with E-state index in [0.29, 0.717) is 60.9 Å². The number of aromatic nitrogens is 3. The first-order valence-electron chi connectivity index (χ1n) is 10.2. The third kappa shape index (κ3) is 5.32. The van der Waals surface area contributed by atoms with Crippen LogP contribution >= 0.6 is 11.6 Å². The fourth-order valence-corrected chi connectivity index (χ4v) is 3.59. The van der Waals surface area contributed by atoms with Gasteiger partial charge in [0.25, 0.3) is 5.91 Å². The summed E-state index contributed by atoms with van der Waals surface area (Å²) in [4.78, 5) is 28.3. The Hall–Kier alpha value is -3.24. The zero-order valence-electron chi connectivity index (χ0n) is 17.2. The standard InChI is InChI=1S/C21H22ClFN6O3/c22-16-3-1-15(17(23)12-16)13-32-21(31)29-9-7-28(8-10-29)6-5-24-20(30)14-2-4-18-19(11-14)26-27-25-18/h1-4,11-12H,5-10,13H2,(H,24,30)(H,25,26,27). The van der Waals surface area contributed by atoms with Crippen LogP contribution in [0, 0.1) is 5.82 Å². The van der Waals surface area contributed by atoms with E-state index in [-0.39, 0.29) is 18.1 Å². The molecule has 1 aromatic heterocycles. The number of halogens is 2. The normalized spacial score (nSPS) is 14.5. The van der Waals surface area contributed by atoms with Gasteiger partial charge in [0.1, 0.15) is 23.5 Å². The Morgan fingerprint density at radius 1 is 1.09 bits per heavy atom. The van der Waals surface area contributed by atoms with Crippen LogP contribution in [-0.2, 0) is 11.3 Å². The van der Waals surface area contributed by atoms with Gasteiger partial charge in [-0.1, -0.05) is 17.7 Å². The van der Waals surface area contributed by atoms with Crippen molar-refractivity contribution in [3.8, 4) is 0 Å². The van der Waals surface area contributed by atoms with Crippen LogP contribution in [0.25, 0.3) is 11.0 Å². The summed E-state index contributed by atoms with van der Waals surface area (Å²) < 4.78 is 19.0. The van der Waals surface area contributed by atoms with Crippen LogP contribution in [0.5, 0.6) is 0 Å². The molecular weight excluding hydrogens is 439 g/mol. The van der Waals surface area contributed by atoms with Crippen LogP contribution in [-0.4, -0.2) is 76.5 Å². The van der Waals surface area contributed by atoms with Crippen molar-refractivity contribution in [3.63, 3.8) is 0 Å². The number of carbonyl (C=O) groups excluding carboxylic acids is 2. The molecule has 0 unspecified atom stereocenters. The number of piperazine rings is 1. The van der Waals surface area contributed by atoms with E-state index < -0.39 is 11.9 Å². The molecular formula is C21H22ClFN6O3. The highest BCUT2D eigenvalue weighted by Gasteiger charge is 2.22. The number of H-pyrrole nitrogens is 1. The molecule has 4 rings (SSSR count). The highest BCUT2D eigenvalue weighted by atomic mass is 35.5. The van der Waals surface area contributed by atoms with Crippen molar-refractivity contribution < 1.29 is 18.7 Å². The molecule has 11 heteroatoms. The van der Waals surface area contributed by atoms with Crippen molar-refractivity contribution in [2.24, 2.45) is 0 Å². The summed E-state index contributed by atoms with van der Waals surface area (Å²) >= 11 is 5.73. The number of carbonyl (C=O) groups is 2. The van der Waals surface area contributed by atoms with Crippen LogP contribution in [0.2, 0.25) is 5.02 Å². The molecule has 0 saturated carbocycles. The number of benzene rings is 2. The molecule has 2 amide bonds. The SMILES string of the molecule is O=C(NCCN1CCN(C(=O)OCc2ccc(Cl)cc2F)CC1)c1ccc2n[nH]nc2c1. The monoisotopic (exact) mass is 460 g/mol. The van der Waals surface area contributed by atoms with E-state index in [9.17, 15) is 14.0 Å². The van der Waals surface area contributed by atoms with Crippen LogP contribution < -0.4 is 5.32 Å². The second-order valence-electron chi connectivity index (χ2n) is 7.40. The number of nitrogens with zero attached hydrogens (tertiary/aromatic N) is 4. The van der Waals surface area contributed by atoms with Crippen molar-refractivity contribution >= 4 is 34.6 Å². The molecule has 1 saturated heterocycles. The maximum atomic E-state index is 13.8. The lowest BCUT2D eigenvalue weighted by Gasteiger charge is -2.34. The first kappa shape index (κ1) is 22.0. The number of amides is 2. The lowest BCUT2D eigenvalue weighted by atomic mass is 10.2. The van der Waals surface area contributed by atoms with Crippen LogP contribution in [0.15, 0.2) is 36.4 Å². The van der Waals surface area contributed by atoms with Crippen molar-refractivity contribution in [2.45, 2.75) is 6.61 Å². The van der Waals surface area contributed by atoms with Crippen molar-refractivity contribution in [3.05, 3.63) is 58.4 Å². The maximum absolute atomic E-state index is 13.8. The lowest BCUT2D eigenvalue weighted by Crippen LogP contribution is -2.50. The van der Waals surface area contributed by atoms with E-state index in [4.69, 9.17) is 16.3 Å². The second-order valence-corrected chi connectivity index (χ2v) is 7.84. The van der Waals surface area contributed by atoms with Gasteiger partial charge in [-0.3, -0.25) is 9.69 Å². The third-order valence-electron chi connectivity index (χ3n) is 5.29. The fourth-order valence-electron chi connectivity index (χ4n) is 3.43. The third-order valence-corrected chi connectivity index (χ3v) is 5.52. The highest BCUT2D eigenvalue weighted by Crippen LogP contribution is 2.16. The van der Waals surface area contributed by atoms with Gasteiger partial charge < -0.3 is 15.0 Å². The summed E-state index contributed by atoms with van der Waals surface area (Å²) in [6.07, 6.45) is -0.476. The number of hydrogen-bond acceptors (Lipinski definition) is 6. The Morgan fingerprint density at radius 2 is 1.88 bits per heavy atom. The van der Waals surface area contributed by atoms with E-state index in [1.54, 1.807) is 29.2 Å². The average Bonchev–Trinajstić information content (AvgIpc) is 3.26. The molecule has 0 radical (unpaired) electrons. The van der Waals surface area contributed by atoms with Gasteiger partial charge in [0.05, 0.1) is 0 Å². The number of rotatable bonds is 6. The molecule has 1 aliphatic rings. The van der Waals surface area contributed by atoms with E-state index in [1.807, 2.05) is 0 Å². The van der Waals surface area contributed by atoms with Gasteiger partial charge in [0, 0.05) is 55.4 Å². The smallest absolute Gasteiger partial charge is 0.410 e. The first-order chi connectivity index (χ1) is 15.5. The number of aromatic amines is 1. The van der Waals surface area contributed by atoms with Crippen molar-refractivity contribution in [1.82, 2.24) is 30.5 Å². The first-order valence-corrected chi connectivity index (χ1v) is 10.5. The predicted octanol–water partition coefficient (Wildman–Crippen LogP) is 2.43. The van der Waals surface area contributed by atoms with E-state index in [2.05, 4.69) is 25.6 Å². The summed E-state index contributed by atoms with van der Waals surface area (Å²) in [5.74, 6) is -0.676. The molecule has 3 aromatic rings. The fraction of sp³-hybridized carbons (Fsp3) is 0.333. The number of hydrogen-bond donors (Lipinski definition) is 2. The zero-order chi connectivity index (χ0) is 22.5. The van der Waals surface area contributed by atoms with Gasteiger partial charge in [-0.2, -0.15) is 15.4 Å². The largest absolute Gasteiger partial charge is 0.444 e. The molecule has 1 aliphatic heterocycles. The zero-order valence-corrected chi connectivity index (χ0v) is 17.9. The van der Waals surface area contributed by atoms with E-state index in [1.165, 1.54) is 12.1 Å². The minimum absolute atomic E-state index is 0.145. The number of ether oxygens (including phenoxy) is 1. The van der Waals surface area contributed by atoms with Gasteiger partial charge in [-0.15, -0.1) is 0 Å². The number of fused-ring (bicyclic) bond motifs is 1. The summed E-state index contributed by atoms with van der Waals surface area (Å²) in [5.41, 5.74) is 2.15. The van der Waals surface area contributed by atoms with Crippen LogP contribution in [0.1, 0.15) is 15.9 Å². The average molecular weight is 461 g/mol. The topological polar surface area (TPSA) is 103 Å². The quantitative estimate of drug-likeness (QED) is 0.585. The van der Waals surface area contributed by atoms with E-state index in [0.717, 1.165) is 0 Å². The minimum atomic E-state index is -0.502. The van der Waals surface area contributed by atoms with Gasteiger partial charge >= 0.3 is 6.09 Å². The molecule has 9 nitrogen and oxygen atoms in total. The summed E-state index contributed by atoms with van der Waals surface area (Å²) in [5, 5.41) is 13.7. The summed E-state index contributed by atoms with van der Waals surface area (Å²) in [6, 6.07) is 9.39. The second kappa shape index (κ2) is 9.92. The summed E-state index contributed by atoms with van der Waals surface area (Å²) in [6.45, 7) is 3.31. The molecule has 2 aromatic carbocycles. The molecule has 0 atom stereocenters.